The van der Waals surface area contributed by atoms with Gasteiger partial charge in [-0.15, -0.1) is 11.3 Å². The molecule has 0 atom stereocenters. The quantitative estimate of drug-likeness (QED) is 0.305. The van der Waals surface area contributed by atoms with E-state index in [0.717, 1.165) is 16.9 Å². The summed E-state index contributed by atoms with van der Waals surface area (Å²) in [6, 6.07) is 26.4. The van der Waals surface area contributed by atoms with Gasteiger partial charge >= 0.3 is 6.03 Å². The van der Waals surface area contributed by atoms with Gasteiger partial charge in [0.15, 0.2) is 5.13 Å². The third-order valence-corrected chi connectivity index (χ3v) is 5.22. The first-order chi connectivity index (χ1) is 15.7. The van der Waals surface area contributed by atoms with Crippen molar-refractivity contribution in [3.8, 4) is 0 Å². The van der Waals surface area contributed by atoms with Gasteiger partial charge in [-0.3, -0.25) is 10.1 Å². The molecule has 3 aromatic carbocycles. The highest BCUT2D eigenvalue weighted by atomic mass is 32.1. The summed E-state index contributed by atoms with van der Waals surface area (Å²) in [5.74, 6) is -0.345. The molecule has 1 aromatic heterocycles. The molecule has 4 aromatic rings. The summed E-state index contributed by atoms with van der Waals surface area (Å²) < 4.78 is 0. The second kappa shape index (κ2) is 10.2. The number of carbonyl (C=O) groups excluding carboxylic acids is 2. The number of anilines is 4. The number of nitrogens with zero attached hydrogens (tertiary/aromatic N) is 1. The van der Waals surface area contributed by atoms with E-state index in [1.54, 1.807) is 5.38 Å². The van der Waals surface area contributed by atoms with E-state index in [2.05, 4.69) is 26.3 Å². The smallest absolute Gasteiger partial charge is 0.321 e. The Morgan fingerprint density at radius 3 is 2.09 bits per heavy atom. The van der Waals surface area contributed by atoms with E-state index in [4.69, 9.17) is 0 Å². The van der Waals surface area contributed by atoms with Crippen molar-refractivity contribution in [2.75, 3.05) is 16.0 Å². The largest absolute Gasteiger partial charge is 0.356 e. The van der Waals surface area contributed by atoms with Crippen molar-refractivity contribution in [1.82, 2.24) is 10.3 Å². The number of hydrogen-bond acceptors (Lipinski definition) is 5. The molecule has 8 heteroatoms. The summed E-state index contributed by atoms with van der Waals surface area (Å²) in [6.07, 6.45) is 0. The van der Waals surface area contributed by atoms with Crippen molar-refractivity contribution in [3.63, 3.8) is 0 Å². The normalized spacial score (nSPS) is 10.2. The number of amides is 3. The molecule has 0 saturated carbocycles. The minimum Gasteiger partial charge on any atom is -0.356 e. The Morgan fingerprint density at radius 2 is 1.38 bits per heavy atom. The zero-order chi connectivity index (χ0) is 22.2. The maximum absolute atomic E-state index is 12.5. The average Bonchev–Trinajstić information content (AvgIpc) is 3.29. The number of thiazole rings is 1. The van der Waals surface area contributed by atoms with E-state index in [-0.39, 0.29) is 17.6 Å². The summed E-state index contributed by atoms with van der Waals surface area (Å²) in [5.41, 5.74) is 3.78. The van der Waals surface area contributed by atoms with Crippen LogP contribution in [0.3, 0.4) is 0 Å². The Kier molecular flexibility index (Phi) is 6.74. The molecular weight excluding hydrogens is 422 g/mol. The van der Waals surface area contributed by atoms with Gasteiger partial charge in [0.05, 0.1) is 0 Å². The molecule has 4 rings (SSSR count). The number of rotatable bonds is 7. The van der Waals surface area contributed by atoms with Crippen LogP contribution in [0.25, 0.3) is 0 Å². The zero-order valence-corrected chi connectivity index (χ0v) is 17.9. The van der Waals surface area contributed by atoms with E-state index in [9.17, 15) is 9.59 Å². The lowest BCUT2D eigenvalue weighted by atomic mass is 10.2. The van der Waals surface area contributed by atoms with E-state index >= 15 is 0 Å². The van der Waals surface area contributed by atoms with Gasteiger partial charge < -0.3 is 16.0 Å². The Hall–Kier alpha value is -4.17. The molecule has 0 spiro atoms. The molecule has 0 saturated heterocycles. The molecule has 3 amide bonds. The van der Waals surface area contributed by atoms with E-state index < -0.39 is 0 Å². The van der Waals surface area contributed by atoms with Crippen LogP contribution in [0.1, 0.15) is 16.1 Å². The predicted octanol–water partition coefficient (Wildman–Crippen LogP) is 5.46. The van der Waals surface area contributed by atoms with Gasteiger partial charge in [-0.05, 0) is 42.0 Å². The lowest BCUT2D eigenvalue weighted by Crippen LogP contribution is -2.28. The van der Waals surface area contributed by atoms with Crippen molar-refractivity contribution < 1.29 is 9.59 Å². The van der Waals surface area contributed by atoms with Crippen molar-refractivity contribution in [1.29, 1.82) is 0 Å². The fourth-order valence-corrected chi connectivity index (χ4v) is 3.56. The Morgan fingerprint density at radius 1 is 0.750 bits per heavy atom. The molecule has 160 valence electrons. The van der Waals surface area contributed by atoms with Gasteiger partial charge in [0.1, 0.15) is 5.69 Å². The number of hydrogen-bond donors (Lipinski definition) is 4. The van der Waals surface area contributed by atoms with Crippen LogP contribution < -0.4 is 21.3 Å². The lowest BCUT2D eigenvalue weighted by Gasteiger charge is -2.08. The minimum absolute atomic E-state index is 0.236. The van der Waals surface area contributed by atoms with Crippen LogP contribution in [0, 0.1) is 0 Å². The maximum Gasteiger partial charge on any atom is 0.321 e. The Labute approximate surface area is 189 Å². The molecular formula is C24H21N5O2S. The van der Waals surface area contributed by atoms with Crippen LogP contribution in [0.5, 0.6) is 0 Å². The summed E-state index contributed by atoms with van der Waals surface area (Å²) >= 11 is 1.19. The fraction of sp³-hybridized carbons (Fsp3) is 0.0417. The topological polar surface area (TPSA) is 95.2 Å². The molecule has 1 heterocycles. The fourth-order valence-electron chi connectivity index (χ4n) is 2.88. The Bertz CT molecular complexity index is 1180. The highest BCUT2D eigenvalue weighted by Crippen LogP contribution is 2.20. The van der Waals surface area contributed by atoms with Crippen LogP contribution in [-0.4, -0.2) is 16.9 Å². The van der Waals surface area contributed by atoms with Gasteiger partial charge in [-0.2, -0.15) is 0 Å². The van der Waals surface area contributed by atoms with Gasteiger partial charge in [0.25, 0.3) is 5.91 Å². The molecule has 0 fully saturated rings. The number of nitrogens with one attached hydrogen (secondary N) is 4. The van der Waals surface area contributed by atoms with E-state index in [0.29, 0.717) is 17.4 Å². The van der Waals surface area contributed by atoms with Gasteiger partial charge in [-0.1, -0.05) is 48.5 Å². The number of para-hydroxylation sites is 1. The van der Waals surface area contributed by atoms with Crippen LogP contribution in [0.2, 0.25) is 0 Å². The van der Waals surface area contributed by atoms with Crippen LogP contribution >= 0.6 is 11.3 Å². The first kappa shape index (κ1) is 21.1. The minimum atomic E-state index is -0.378. The molecule has 0 aliphatic carbocycles. The van der Waals surface area contributed by atoms with Crippen molar-refractivity contribution in [2.24, 2.45) is 0 Å². The second-order valence-electron chi connectivity index (χ2n) is 6.85. The number of benzene rings is 3. The zero-order valence-electron chi connectivity index (χ0n) is 17.0. The number of urea groups is 1. The first-order valence-electron chi connectivity index (χ1n) is 9.93. The summed E-state index contributed by atoms with van der Waals surface area (Å²) in [7, 11) is 0. The molecule has 0 radical (unpaired) electrons. The molecule has 4 N–H and O–H groups in total. The van der Waals surface area contributed by atoms with Gasteiger partial charge in [0.2, 0.25) is 0 Å². The van der Waals surface area contributed by atoms with Crippen molar-refractivity contribution in [2.45, 2.75) is 6.54 Å². The van der Waals surface area contributed by atoms with Gasteiger partial charge in [-0.25, -0.2) is 9.78 Å². The number of aromatic nitrogens is 1. The molecule has 0 unspecified atom stereocenters. The standard InChI is InChI=1S/C24H21N5O2S/c30-22(27-20-13-11-19(12-14-20)26-18-9-5-2-6-10-18)21-16-32-24(28-21)29-23(31)25-15-17-7-3-1-4-8-17/h1-14,16,26H,15H2,(H,27,30)(H2,25,28,29,31). The van der Waals surface area contributed by atoms with Gasteiger partial charge in [0, 0.05) is 29.0 Å². The van der Waals surface area contributed by atoms with E-state index in [1.807, 2.05) is 84.9 Å². The second-order valence-corrected chi connectivity index (χ2v) is 7.71. The SMILES string of the molecule is O=C(NCc1ccccc1)Nc1nc(C(=O)Nc2ccc(Nc3ccccc3)cc2)cs1. The highest BCUT2D eigenvalue weighted by Gasteiger charge is 2.13. The van der Waals surface area contributed by atoms with Crippen LogP contribution in [0.15, 0.2) is 90.3 Å². The maximum atomic E-state index is 12.5. The monoisotopic (exact) mass is 443 g/mol. The lowest BCUT2D eigenvalue weighted by molar-refractivity contribution is 0.102. The van der Waals surface area contributed by atoms with E-state index in [1.165, 1.54) is 11.3 Å². The molecule has 32 heavy (non-hydrogen) atoms. The highest BCUT2D eigenvalue weighted by molar-refractivity contribution is 7.14. The molecule has 0 bridgehead atoms. The Balaban J connectivity index is 1.28. The summed E-state index contributed by atoms with van der Waals surface area (Å²) in [5, 5.41) is 13.5. The summed E-state index contributed by atoms with van der Waals surface area (Å²) in [6.45, 7) is 0.403. The van der Waals surface area contributed by atoms with Crippen LogP contribution in [-0.2, 0) is 6.54 Å². The third-order valence-electron chi connectivity index (χ3n) is 4.46. The average molecular weight is 444 g/mol. The third kappa shape index (κ3) is 5.93. The number of carbonyl (C=O) groups is 2. The molecule has 0 aliphatic heterocycles. The predicted molar refractivity (Wildman–Crippen MR) is 129 cm³/mol. The van der Waals surface area contributed by atoms with Crippen molar-refractivity contribution in [3.05, 3.63) is 102 Å². The van der Waals surface area contributed by atoms with Crippen LogP contribution in [0.4, 0.5) is 27.0 Å². The molecule has 7 nitrogen and oxygen atoms in total. The first-order valence-corrected chi connectivity index (χ1v) is 10.8. The van der Waals surface area contributed by atoms with Crippen molar-refractivity contribution >= 4 is 45.5 Å². The summed E-state index contributed by atoms with van der Waals surface area (Å²) in [4.78, 5) is 28.7. The molecule has 0 aliphatic rings.